The Labute approximate surface area is 212 Å². The van der Waals surface area contributed by atoms with Crippen molar-refractivity contribution in [2.45, 2.75) is 51.6 Å². The summed E-state index contributed by atoms with van der Waals surface area (Å²) in [6.45, 7) is 4.49. The van der Waals surface area contributed by atoms with Gasteiger partial charge in [0, 0.05) is 18.5 Å². The van der Waals surface area contributed by atoms with Gasteiger partial charge in [-0.25, -0.2) is 0 Å². The Hall–Kier alpha value is -3.56. The molecule has 3 amide bonds. The summed E-state index contributed by atoms with van der Waals surface area (Å²) in [5.74, 6) is 0.0660. The molecule has 0 spiro atoms. The Kier molecular flexibility index (Phi) is 11.2. The maximum atomic E-state index is 13.0. The number of carbonyl (C=O) groups excluding carboxylic acids is 4. The Bertz CT molecular complexity index is 936. The highest BCUT2D eigenvalue weighted by Gasteiger charge is 2.28. The molecule has 1 aromatic rings. The van der Waals surface area contributed by atoms with Crippen LogP contribution in [0.5, 0.6) is 17.2 Å². The second-order valence-electron chi connectivity index (χ2n) is 9.10. The molecule has 1 fully saturated rings. The fourth-order valence-corrected chi connectivity index (χ4v) is 4.09. The monoisotopic (exact) mass is 503 g/mol. The number of rotatable bonds is 13. The molecule has 2 rings (SSSR count). The molecule has 36 heavy (non-hydrogen) atoms. The number of amides is 3. The summed E-state index contributed by atoms with van der Waals surface area (Å²) in [6, 6.07) is 1.73. The van der Waals surface area contributed by atoms with E-state index in [0.717, 1.165) is 6.42 Å². The van der Waals surface area contributed by atoms with E-state index in [4.69, 9.17) is 14.2 Å². The Balaban J connectivity index is 2.08. The van der Waals surface area contributed by atoms with Crippen molar-refractivity contribution in [3.05, 3.63) is 23.8 Å². The highest BCUT2D eigenvalue weighted by atomic mass is 16.5. The molecule has 1 aromatic carbocycles. The summed E-state index contributed by atoms with van der Waals surface area (Å²) in [4.78, 5) is 49.3. The van der Waals surface area contributed by atoms with Crippen molar-refractivity contribution in [2.24, 2.45) is 11.8 Å². The molecule has 3 atom stereocenters. The van der Waals surface area contributed by atoms with Crippen molar-refractivity contribution in [2.75, 3.05) is 27.9 Å². The summed E-state index contributed by atoms with van der Waals surface area (Å²) in [6.07, 6.45) is 5.63. The number of aldehydes is 1. The normalized spacial score (nSPS) is 17.2. The smallest absolute Gasteiger partial charge is 0.244 e. The van der Waals surface area contributed by atoms with Crippen molar-refractivity contribution in [1.29, 1.82) is 0 Å². The third-order valence-corrected chi connectivity index (χ3v) is 5.88. The molecule has 0 radical (unpaired) electrons. The van der Waals surface area contributed by atoms with Crippen molar-refractivity contribution in [3.8, 4) is 17.2 Å². The van der Waals surface area contributed by atoms with Crippen LogP contribution in [0.4, 0.5) is 0 Å². The molecule has 0 bridgehead atoms. The van der Waals surface area contributed by atoms with Gasteiger partial charge in [0.25, 0.3) is 0 Å². The topological polar surface area (TPSA) is 132 Å². The van der Waals surface area contributed by atoms with E-state index in [0.29, 0.717) is 48.5 Å². The summed E-state index contributed by atoms with van der Waals surface area (Å²) in [5.41, 5.74) is 0.635. The fraction of sp³-hybridized carbons (Fsp3) is 0.538. The van der Waals surface area contributed by atoms with Crippen molar-refractivity contribution >= 4 is 30.1 Å². The molecule has 1 aliphatic heterocycles. The molecule has 1 heterocycles. The zero-order chi connectivity index (χ0) is 26.7. The molecule has 0 saturated carbocycles. The summed E-state index contributed by atoms with van der Waals surface area (Å²) >= 11 is 0. The van der Waals surface area contributed by atoms with Crippen LogP contribution in [-0.2, 0) is 19.2 Å². The highest BCUT2D eigenvalue weighted by molar-refractivity contribution is 5.96. The first-order chi connectivity index (χ1) is 17.2. The lowest BCUT2D eigenvalue weighted by Gasteiger charge is -2.26. The number of carbonyl (C=O) groups is 4. The van der Waals surface area contributed by atoms with Gasteiger partial charge in [-0.05, 0) is 55.4 Å². The maximum Gasteiger partial charge on any atom is 0.244 e. The number of piperidine rings is 1. The van der Waals surface area contributed by atoms with Gasteiger partial charge >= 0.3 is 0 Å². The number of ether oxygens (including phenoxy) is 3. The van der Waals surface area contributed by atoms with Crippen LogP contribution in [0.1, 0.15) is 45.1 Å². The summed E-state index contributed by atoms with van der Waals surface area (Å²) in [7, 11) is 4.50. The molecule has 1 aliphatic rings. The molecule has 10 nitrogen and oxygen atoms in total. The van der Waals surface area contributed by atoms with E-state index < -0.39 is 23.9 Å². The van der Waals surface area contributed by atoms with Gasteiger partial charge in [-0.1, -0.05) is 13.8 Å². The minimum atomic E-state index is -0.843. The minimum absolute atomic E-state index is 0.105. The first-order valence-electron chi connectivity index (χ1n) is 12.0. The van der Waals surface area contributed by atoms with Crippen LogP contribution in [0.3, 0.4) is 0 Å². The minimum Gasteiger partial charge on any atom is -0.493 e. The van der Waals surface area contributed by atoms with Crippen molar-refractivity contribution in [3.63, 3.8) is 0 Å². The molecule has 0 aliphatic carbocycles. The van der Waals surface area contributed by atoms with Crippen LogP contribution in [0.15, 0.2) is 18.2 Å². The summed E-state index contributed by atoms with van der Waals surface area (Å²) < 4.78 is 16.0. The van der Waals surface area contributed by atoms with E-state index in [1.54, 1.807) is 18.2 Å². The van der Waals surface area contributed by atoms with E-state index in [-0.39, 0.29) is 24.2 Å². The van der Waals surface area contributed by atoms with Crippen molar-refractivity contribution in [1.82, 2.24) is 16.0 Å². The van der Waals surface area contributed by atoms with Crippen molar-refractivity contribution < 1.29 is 33.4 Å². The van der Waals surface area contributed by atoms with Gasteiger partial charge in [0.2, 0.25) is 23.5 Å². The van der Waals surface area contributed by atoms with E-state index in [1.807, 2.05) is 13.8 Å². The summed E-state index contributed by atoms with van der Waals surface area (Å²) in [5, 5.41) is 8.19. The van der Waals surface area contributed by atoms with Gasteiger partial charge in [0.15, 0.2) is 11.5 Å². The largest absolute Gasteiger partial charge is 0.493 e. The third-order valence-electron chi connectivity index (χ3n) is 5.88. The van der Waals surface area contributed by atoms with E-state index in [2.05, 4.69) is 16.0 Å². The van der Waals surface area contributed by atoms with Crippen LogP contribution >= 0.6 is 0 Å². The van der Waals surface area contributed by atoms with Gasteiger partial charge in [-0.2, -0.15) is 0 Å². The van der Waals surface area contributed by atoms with Crippen LogP contribution in [0, 0.1) is 11.8 Å². The molecule has 10 heteroatoms. The van der Waals surface area contributed by atoms with Gasteiger partial charge in [0.05, 0.1) is 27.4 Å². The zero-order valence-corrected chi connectivity index (χ0v) is 21.6. The average Bonchev–Trinajstić information content (AvgIpc) is 2.86. The fourth-order valence-electron chi connectivity index (χ4n) is 4.09. The molecule has 3 N–H and O–H groups in total. The lowest BCUT2D eigenvalue weighted by molar-refractivity contribution is -0.130. The first-order valence-corrected chi connectivity index (χ1v) is 12.0. The lowest BCUT2D eigenvalue weighted by Crippen LogP contribution is -2.51. The number of hydrogen-bond acceptors (Lipinski definition) is 7. The van der Waals surface area contributed by atoms with E-state index >= 15 is 0 Å². The molecule has 1 unspecified atom stereocenters. The number of methoxy groups -OCH3 is 3. The Morgan fingerprint density at radius 2 is 1.78 bits per heavy atom. The quantitative estimate of drug-likeness (QED) is 0.276. The Morgan fingerprint density at radius 1 is 1.11 bits per heavy atom. The SMILES string of the molecule is COc1cc(/C=C/C(=O)N[C@@H](CC(C)C)C(=O)N[C@H](C=O)CC2CCCNC2=O)cc(OC)c1OC. The molecule has 198 valence electrons. The van der Waals surface area contributed by atoms with E-state index in [9.17, 15) is 19.2 Å². The highest BCUT2D eigenvalue weighted by Crippen LogP contribution is 2.38. The third kappa shape index (κ3) is 8.28. The van der Waals surface area contributed by atoms with Crippen LogP contribution < -0.4 is 30.2 Å². The van der Waals surface area contributed by atoms with Gasteiger partial charge < -0.3 is 35.0 Å². The predicted molar refractivity (Wildman–Crippen MR) is 135 cm³/mol. The number of hydrogen-bond donors (Lipinski definition) is 3. The zero-order valence-electron chi connectivity index (χ0n) is 21.6. The molecule has 0 aromatic heterocycles. The van der Waals surface area contributed by atoms with E-state index in [1.165, 1.54) is 27.4 Å². The maximum absolute atomic E-state index is 13.0. The van der Waals surface area contributed by atoms with Gasteiger partial charge in [-0.3, -0.25) is 14.4 Å². The number of nitrogens with one attached hydrogen (secondary N) is 3. The Morgan fingerprint density at radius 3 is 2.31 bits per heavy atom. The standard InChI is InChI=1S/C26H37N3O7/c1-16(2)11-20(26(33)28-19(15-30)14-18-7-6-10-27-25(18)32)29-23(31)9-8-17-12-21(34-3)24(36-5)22(13-17)35-4/h8-9,12-13,15-16,18-20H,6-7,10-11,14H2,1-5H3,(H,27,32)(H,28,33)(H,29,31)/b9-8+/t18?,19-,20-/m0/s1. The molecular weight excluding hydrogens is 466 g/mol. The predicted octanol–water partition coefficient (Wildman–Crippen LogP) is 1.86. The molecule has 1 saturated heterocycles. The van der Waals surface area contributed by atoms with Crippen LogP contribution in [0.2, 0.25) is 0 Å². The average molecular weight is 504 g/mol. The first kappa shape index (κ1) is 28.7. The second-order valence-corrected chi connectivity index (χ2v) is 9.10. The van der Waals surface area contributed by atoms with Crippen LogP contribution in [-0.4, -0.2) is 64.0 Å². The second kappa shape index (κ2) is 14.1. The van der Waals surface area contributed by atoms with Gasteiger partial charge in [0.1, 0.15) is 12.3 Å². The lowest BCUT2D eigenvalue weighted by atomic mass is 9.91. The number of benzene rings is 1. The van der Waals surface area contributed by atoms with Gasteiger partial charge in [-0.15, -0.1) is 0 Å². The van der Waals surface area contributed by atoms with Crippen LogP contribution in [0.25, 0.3) is 6.08 Å². The molecular formula is C26H37N3O7.